The highest BCUT2D eigenvalue weighted by Crippen LogP contribution is 2.29. The number of nitrogens with zero attached hydrogens (tertiary/aromatic N) is 1. The van der Waals surface area contributed by atoms with E-state index in [1.807, 2.05) is 0 Å². The average molecular weight is 280 g/mol. The molecule has 19 heavy (non-hydrogen) atoms. The van der Waals surface area contributed by atoms with Crippen molar-refractivity contribution in [1.29, 1.82) is 0 Å². The second-order valence-electron chi connectivity index (χ2n) is 5.04. The molecule has 3 rings (SSSR count). The van der Waals surface area contributed by atoms with Crippen LogP contribution in [-0.2, 0) is 22.4 Å². The molecule has 2 aliphatic rings. The van der Waals surface area contributed by atoms with Gasteiger partial charge in [-0.2, -0.15) is 0 Å². The smallest absolute Gasteiger partial charge is 0.248 e. The Balaban J connectivity index is 1.67. The van der Waals surface area contributed by atoms with Crippen LogP contribution in [0.2, 0.25) is 0 Å². The van der Waals surface area contributed by atoms with Gasteiger partial charge in [0, 0.05) is 17.3 Å². The second-order valence-corrected chi connectivity index (χ2v) is 6.12. The third-order valence-corrected chi connectivity index (χ3v) is 4.56. The molecular weight excluding hydrogens is 264 g/mol. The molecule has 1 aromatic heterocycles. The van der Waals surface area contributed by atoms with Crippen molar-refractivity contribution in [3.8, 4) is 0 Å². The summed E-state index contributed by atoms with van der Waals surface area (Å²) in [4.78, 5) is 28.6. The highest BCUT2D eigenvalue weighted by Gasteiger charge is 2.28. The molecule has 1 fully saturated rings. The predicted octanol–water partition coefficient (Wildman–Crippen LogP) is 0.176. The number of fused-ring (bicyclic) bond motifs is 1. The zero-order chi connectivity index (χ0) is 13.4. The summed E-state index contributed by atoms with van der Waals surface area (Å²) in [7, 11) is 0. The molecule has 0 saturated carbocycles. The molecule has 2 heterocycles. The number of thiazole rings is 1. The number of hydrogen-bond acceptors (Lipinski definition) is 5. The Morgan fingerprint density at radius 2 is 2.26 bits per heavy atom. The summed E-state index contributed by atoms with van der Waals surface area (Å²) in [6, 6.07) is -0.221. The number of carbonyl (C=O) groups excluding carboxylic acids is 2. The van der Waals surface area contributed by atoms with Crippen LogP contribution in [0, 0.1) is 0 Å². The van der Waals surface area contributed by atoms with E-state index < -0.39 is 6.04 Å². The Kier molecular flexibility index (Phi) is 3.24. The first-order chi connectivity index (χ1) is 9.11. The quantitative estimate of drug-likeness (QED) is 0.719. The van der Waals surface area contributed by atoms with Gasteiger partial charge in [-0.15, -0.1) is 11.3 Å². The molecule has 1 aliphatic heterocycles. The molecule has 6 nitrogen and oxygen atoms in total. The van der Waals surface area contributed by atoms with Gasteiger partial charge in [0.25, 0.3) is 0 Å². The Morgan fingerprint density at radius 3 is 3.00 bits per heavy atom. The summed E-state index contributed by atoms with van der Waals surface area (Å²) < 4.78 is 0. The fraction of sp³-hybridized carbons (Fsp3) is 0.583. The van der Waals surface area contributed by atoms with Crippen LogP contribution in [0.4, 0.5) is 5.13 Å². The van der Waals surface area contributed by atoms with Gasteiger partial charge in [-0.3, -0.25) is 9.59 Å². The summed E-state index contributed by atoms with van der Waals surface area (Å²) in [5.74, 6) is -0.245. The minimum Gasteiger partial charge on any atom is -0.344 e. The summed E-state index contributed by atoms with van der Waals surface area (Å²) in [5, 5.41) is 6.05. The Morgan fingerprint density at radius 1 is 1.42 bits per heavy atom. The number of aryl methyl sites for hydroxylation is 1. The SMILES string of the molecule is N[C@H]1CCc2nc(NC(=O)[C@H]3CCC(=O)N3)sc2C1. The standard InChI is InChI=1S/C12H16N4O2S/c13-6-1-2-7-9(5-6)19-12(15-7)16-11(18)8-3-4-10(17)14-8/h6,8H,1-5,13H2,(H,14,17)(H,15,16,18)/t6-,8+/m0/s1. The molecule has 7 heteroatoms. The van der Waals surface area contributed by atoms with E-state index in [1.165, 1.54) is 16.2 Å². The molecule has 0 spiro atoms. The highest BCUT2D eigenvalue weighted by molar-refractivity contribution is 7.15. The van der Waals surface area contributed by atoms with E-state index in [2.05, 4.69) is 15.6 Å². The Hall–Kier alpha value is -1.47. The number of hydrogen-bond donors (Lipinski definition) is 3. The van der Waals surface area contributed by atoms with Gasteiger partial charge in [0.15, 0.2) is 5.13 Å². The van der Waals surface area contributed by atoms with Crippen LogP contribution in [0.5, 0.6) is 0 Å². The lowest BCUT2D eigenvalue weighted by molar-refractivity contribution is -0.122. The van der Waals surface area contributed by atoms with Crippen molar-refractivity contribution in [2.45, 2.75) is 44.2 Å². The minimum absolute atomic E-state index is 0.0652. The van der Waals surface area contributed by atoms with Gasteiger partial charge in [-0.05, 0) is 25.7 Å². The first-order valence-corrected chi connectivity index (χ1v) is 7.28. The number of nitrogens with two attached hydrogens (primary N) is 1. The van der Waals surface area contributed by atoms with E-state index in [9.17, 15) is 9.59 Å². The van der Waals surface area contributed by atoms with Crippen molar-refractivity contribution in [3.05, 3.63) is 10.6 Å². The number of anilines is 1. The molecule has 102 valence electrons. The monoisotopic (exact) mass is 280 g/mol. The van der Waals surface area contributed by atoms with Crippen LogP contribution in [0.15, 0.2) is 0 Å². The van der Waals surface area contributed by atoms with E-state index in [1.54, 1.807) is 0 Å². The van der Waals surface area contributed by atoms with Crippen molar-refractivity contribution in [3.63, 3.8) is 0 Å². The molecule has 1 aliphatic carbocycles. The molecule has 2 atom stereocenters. The normalized spacial score (nSPS) is 25.8. The third kappa shape index (κ3) is 2.62. The van der Waals surface area contributed by atoms with Crippen LogP contribution in [0.1, 0.15) is 29.8 Å². The fourth-order valence-corrected chi connectivity index (χ4v) is 3.56. The lowest BCUT2D eigenvalue weighted by Gasteiger charge is -2.15. The van der Waals surface area contributed by atoms with E-state index >= 15 is 0 Å². The van der Waals surface area contributed by atoms with Gasteiger partial charge in [0.1, 0.15) is 6.04 Å². The zero-order valence-electron chi connectivity index (χ0n) is 10.4. The Bertz CT molecular complexity index is 528. The maximum absolute atomic E-state index is 12.0. The lowest BCUT2D eigenvalue weighted by atomic mass is 9.99. The largest absolute Gasteiger partial charge is 0.344 e. The van der Waals surface area contributed by atoms with Crippen molar-refractivity contribution in [2.75, 3.05) is 5.32 Å². The fourth-order valence-electron chi connectivity index (χ4n) is 2.46. The van der Waals surface area contributed by atoms with Crippen LogP contribution in [0.25, 0.3) is 0 Å². The van der Waals surface area contributed by atoms with E-state index in [0.29, 0.717) is 18.0 Å². The molecule has 0 aromatic carbocycles. The zero-order valence-corrected chi connectivity index (χ0v) is 11.3. The van der Waals surface area contributed by atoms with Crippen molar-refractivity contribution >= 4 is 28.3 Å². The van der Waals surface area contributed by atoms with E-state index in [-0.39, 0.29) is 17.9 Å². The molecule has 0 unspecified atom stereocenters. The van der Waals surface area contributed by atoms with Gasteiger partial charge in [0.05, 0.1) is 5.69 Å². The van der Waals surface area contributed by atoms with Gasteiger partial charge >= 0.3 is 0 Å². The van der Waals surface area contributed by atoms with Gasteiger partial charge in [-0.1, -0.05) is 0 Å². The highest BCUT2D eigenvalue weighted by atomic mass is 32.1. The maximum atomic E-state index is 12.0. The third-order valence-electron chi connectivity index (χ3n) is 3.52. The molecule has 1 saturated heterocycles. The molecule has 2 amide bonds. The van der Waals surface area contributed by atoms with Crippen molar-refractivity contribution in [1.82, 2.24) is 10.3 Å². The summed E-state index contributed by atoms with van der Waals surface area (Å²) in [5.41, 5.74) is 6.97. The van der Waals surface area contributed by atoms with Crippen LogP contribution < -0.4 is 16.4 Å². The number of nitrogens with one attached hydrogen (secondary N) is 2. The number of carbonyl (C=O) groups is 2. The lowest BCUT2D eigenvalue weighted by Crippen LogP contribution is -2.37. The molecule has 4 N–H and O–H groups in total. The summed E-state index contributed by atoms with van der Waals surface area (Å²) in [6.07, 6.45) is 3.64. The topological polar surface area (TPSA) is 97.1 Å². The average Bonchev–Trinajstić information content (AvgIpc) is 2.94. The predicted molar refractivity (Wildman–Crippen MR) is 71.9 cm³/mol. The van der Waals surface area contributed by atoms with Crippen molar-refractivity contribution in [2.24, 2.45) is 5.73 Å². The number of amides is 2. The number of aromatic nitrogens is 1. The minimum atomic E-state index is -0.421. The van der Waals surface area contributed by atoms with Gasteiger partial charge < -0.3 is 16.4 Å². The van der Waals surface area contributed by atoms with Crippen LogP contribution in [-0.4, -0.2) is 28.9 Å². The van der Waals surface area contributed by atoms with Crippen LogP contribution in [0.3, 0.4) is 0 Å². The summed E-state index contributed by atoms with van der Waals surface area (Å²) in [6.45, 7) is 0. The van der Waals surface area contributed by atoms with Crippen LogP contribution >= 0.6 is 11.3 Å². The maximum Gasteiger partial charge on any atom is 0.248 e. The van der Waals surface area contributed by atoms with Gasteiger partial charge in [0.2, 0.25) is 11.8 Å². The Labute approximate surface area is 114 Å². The summed E-state index contributed by atoms with van der Waals surface area (Å²) >= 11 is 1.49. The first-order valence-electron chi connectivity index (χ1n) is 6.46. The molecule has 0 radical (unpaired) electrons. The first kappa shape index (κ1) is 12.6. The van der Waals surface area contributed by atoms with Crippen molar-refractivity contribution < 1.29 is 9.59 Å². The van der Waals surface area contributed by atoms with Gasteiger partial charge in [-0.25, -0.2) is 4.98 Å². The molecule has 0 bridgehead atoms. The van der Waals surface area contributed by atoms with E-state index in [4.69, 9.17) is 5.73 Å². The second kappa shape index (κ2) is 4.90. The van der Waals surface area contributed by atoms with E-state index in [0.717, 1.165) is 25.0 Å². The number of rotatable bonds is 2. The molecular formula is C12H16N4O2S. The molecule has 1 aromatic rings.